The molecule has 3 heterocycles. The van der Waals surface area contributed by atoms with Crippen molar-refractivity contribution in [3.8, 4) is 33.8 Å². The van der Waals surface area contributed by atoms with Crippen LogP contribution < -0.4 is 4.90 Å². The molecule has 58 heavy (non-hydrogen) atoms. The molecule has 0 fully saturated rings. The van der Waals surface area contributed by atoms with Crippen molar-refractivity contribution in [2.75, 3.05) is 4.90 Å². The van der Waals surface area contributed by atoms with Gasteiger partial charge in [-0.25, -0.2) is 9.97 Å². The van der Waals surface area contributed by atoms with Crippen LogP contribution in [0, 0.1) is 0 Å². The maximum atomic E-state index is 7.03. The van der Waals surface area contributed by atoms with Crippen LogP contribution in [0.15, 0.2) is 185 Å². The first-order chi connectivity index (χ1) is 28.5. The van der Waals surface area contributed by atoms with Crippen molar-refractivity contribution < 1.29 is 8.83 Å². The molecule has 274 valence electrons. The van der Waals surface area contributed by atoms with Crippen LogP contribution in [0.5, 0.6) is 0 Å². The summed E-state index contributed by atoms with van der Waals surface area (Å²) in [5.41, 5.74) is 14.4. The molecular weight excluding hydrogens is 711 g/mol. The Bertz CT molecular complexity index is 3430. The predicted octanol–water partition coefficient (Wildman–Crippen LogP) is 14.5. The van der Waals surface area contributed by atoms with Gasteiger partial charge in [0.25, 0.3) is 0 Å². The van der Waals surface area contributed by atoms with Gasteiger partial charge in [-0.3, -0.25) is 0 Å². The summed E-state index contributed by atoms with van der Waals surface area (Å²) in [5, 5.41) is 5.15. The van der Waals surface area contributed by atoms with Crippen LogP contribution in [0.25, 0.3) is 88.6 Å². The highest BCUT2D eigenvalue weighted by Crippen LogP contribution is 2.51. The molecule has 0 spiro atoms. The van der Waals surface area contributed by atoms with E-state index in [0.29, 0.717) is 11.4 Å². The highest BCUT2D eigenvalue weighted by Gasteiger charge is 2.36. The highest BCUT2D eigenvalue weighted by atomic mass is 16.3. The van der Waals surface area contributed by atoms with Gasteiger partial charge in [-0.1, -0.05) is 135 Å². The van der Waals surface area contributed by atoms with E-state index in [1.54, 1.807) is 0 Å². The second-order valence-corrected chi connectivity index (χ2v) is 15.7. The molecule has 0 N–H and O–H groups in total. The standard InChI is InChI=1S/C53H35N3O2/c1-53(2)44-23-13-11-21-38(44)39-28-26-35(31-45(39)53)56(34-18-7-4-8-19-34)36-29-42-40-27-25-32-15-9-10-20-37(32)49(40)58-50(42)43(30-36)52-54-47(33-16-5-3-6-17-33)51-48(55-52)41-22-12-14-24-46(41)57-51/h3-31H,1-2H3. The fraction of sp³-hybridized carbons (Fsp3) is 0.0566. The third kappa shape index (κ3) is 4.77. The number of fused-ring (bicyclic) bond motifs is 11. The number of aromatic nitrogens is 2. The van der Waals surface area contributed by atoms with E-state index < -0.39 is 0 Å². The molecule has 5 heteroatoms. The zero-order valence-electron chi connectivity index (χ0n) is 31.9. The summed E-state index contributed by atoms with van der Waals surface area (Å²) in [6.45, 7) is 4.66. The van der Waals surface area contributed by atoms with E-state index >= 15 is 0 Å². The van der Waals surface area contributed by atoms with Crippen molar-refractivity contribution in [1.82, 2.24) is 9.97 Å². The zero-order chi connectivity index (χ0) is 38.5. The topological polar surface area (TPSA) is 55.3 Å². The van der Waals surface area contributed by atoms with Gasteiger partial charge in [0.2, 0.25) is 0 Å². The zero-order valence-corrected chi connectivity index (χ0v) is 31.9. The molecule has 8 aromatic carbocycles. The average molecular weight is 746 g/mol. The van der Waals surface area contributed by atoms with Crippen molar-refractivity contribution in [2.24, 2.45) is 0 Å². The van der Waals surface area contributed by atoms with Gasteiger partial charge in [0.15, 0.2) is 11.4 Å². The molecule has 1 aliphatic carbocycles. The van der Waals surface area contributed by atoms with Crippen LogP contribution in [-0.4, -0.2) is 9.97 Å². The van der Waals surface area contributed by atoms with Gasteiger partial charge in [0, 0.05) is 49.6 Å². The lowest BCUT2D eigenvalue weighted by atomic mass is 9.82. The average Bonchev–Trinajstić information content (AvgIpc) is 3.92. The minimum Gasteiger partial charge on any atom is -0.455 e. The largest absolute Gasteiger partial charge is 0.455 e. The highest BCUT2D eigenvalue weighted by molar-refractivity contribution is 6.18. The summed E-state index contributed by atoms with van der Waals surface area (Å²) in [4.78, 5) is 13.1. The van der Waals surface area contributed by atoms with E-state index in [2.05, 4.69) is 158 Å². The fourth-order valence-corrected chi connectivity index (χ4v) is 9.24. The molecule has 0 bridgehead atoms. The Labute approximate surface area is 334 Å². The molecule has 0 atom stereocenters. The SMILES string of the molecule is CC1(C)c2ccccc2-c2ccc(N(c3ccccc3)c3cc(-c4nc(-c5ccccc5)c5oc6ccccc6c5n4)c4oc5c6ccccc6ccc5c4c3)cc21. The Morgan fingerprint density at radius 3 is 2.03 bits per heavy atom. The summed E-state index contributed by atoms with van der Waals surface area (Å²) in [7, 11) is 0. The van der Waals surface area contributed by atoms with E-state index in [0.717, 1.165) is 83.1 Å². The van der Waals surface area contributed by atoms with E-state index in [1.165, 1.54) is 22.3 Å². The molecule has 3 aromatic heterocycles. The van der Waals surface area contributed by atoms with Crippen molar-refractivity contribution in [3.05, 3.63) is 187 Å². The summed E-state index contributed by atoms with van der Waals surface area (Å²) in [6.07, 6.45) is 0. The normalized spacial score (nSPS) is 13.1. The van der Waals surface area contributed by atoms with Crippen molar-refractivity contribution in [2.45, 2.75) is 19.3 Å². The quantitative estimate of drug-likeness (QED) is 0.176. The van der Waals surface area contributed by atoms with Gasteiger partial charge < -0.3 is 13.7 Å². The second-order valence-electron chi connectivity index (χ2n) is 15.7. The van der Waals surface area contributed by atoms with Crippen molar-refractivity contribution in [1.29, 1.82) is 0 Å². The number of para-hydroxylation sites is 2. The van der Waals surface area contributed by atoms with Gasteiger partial charge in [0.05, 0.1) is 5.56 Å². The lowest BCUT2D eigenvalue weighted by molar-refractivity contribution is 0.660. The van der Waals surface area contributed by atoms with E-state index in [4.69, 9.17) is 18.8 Å². The van der Waals surface area contributed by atoms with Gasteiger partial charge in [-0.05, 0) is 82.2 Å². The first-order valence-electron chi connectivity index (χ1n) is 19.7. The number of furan rings is 2. The Balaban J connectivity index is 1.17. The molecule has 0 unspecified atom stereocenters. The van der Waals surface area contributed by atoms with Gasteiger partial charge in [-0.2, -0.15) is 0 Å². The van der Waals surface area contributed by atoms with Crippen LogP contribution in [0.3, 0.4) is 0 Å². The van der Waals surface area contributed by atoms with Gasteiger partial charge in [0.1, 0.15) is 28.0 Å². The Morgan fingerprint density at radius 1 is 0.448 bits per heavy atom. The van der Waals surface area contributed by atoms with Crippen LogP contribution >= 0.6 is 0 Å². The van der Waals surface area contributed by atoms with Crippen LogP contribution in [0.2, 0.25) is 0 Å². The lowest BCUT2D eigenvalue weighted by Crippen LogP contribution is -2.16. The summed E-state index contributed by atoms with van der Waals surface area (Å²) < 4.78 is 13.5. The molecule has 12 rings (SSSR count). The molecule has 0 aliphatic heterocycles. The molecule has 11 aromatic rings. The first kappa shape index (κ1) is 32.7. The summed E-state index contributed by atoms with van der Waals surface area (Å²) in [6, 6.07) is 61.9. The maximum Gasteiger partial charge on any atom is 0.180 e. The molecule has 5 nitrogen and oxygen atoms in total. The second kappa shape index (κ2) is 12.2. The number of rotatable bonds is 5. The predicted molar refractivity (Wildman–Crippen MR) is 237 cm³/mol. The monoisotopic (exact) mass is 745 g/mol. The molecule has 1 aliphatic rings. The smallest absolute Gasteiger partial charge is 0.180 e. The molecule has 0 saturated carbocycles. The molecule has 0 amide bonds. The first-order valence-corrected chi connectivity index (χ1v) is 19.7. The molecule has 0 saturated heterocycles. The van der Waals surface area contributed by atoms with Crippen molar-refractivity contribution >= 4 is 71.8 Å². The number of hydrogen-bond donors (Lipinski definition) is 0. The number of benzene rings is 8. The van der Waals surface area contributed by atoms with Crippen LogP contribution in [-0.2, 0) is 5.41 Å². The van der Waals surface area contributed by atoms with Gasteiger partial charge >= 0.3 is 0 Å². The minimum absolute atomic E-state index is 0.161. The van der Waals surface area contributed by atoms with E-state index in [1.807, 2.05) is 36.4 Å². The third-order valence-corrected chi connectivity index (χ3v) is 12.1. The van der Waals surface area contributed by atoms with Crippen molar-refractivity contribution in [3.63, 3.8) is 0 Å². The maximum absolute atomic E-state index is 7.03. The Kier molecular flexibility index (Phi) is 6.91. The Morgan fingerprint density at radius 2 is 1.17 bits per heavy atom. The van der Waals surface area contributed by atoms with Crippen LogP contribution in [0.4, 0.5) is 17.1 Å². The number of anilines is 3. The molecule has 0 radical (unpaired) electrons. The molecular formula is C53H35N3O2. The van der Waals surface area contributed by atoms with E-state index in [-0.39, 0.29) is 5.41 Å². The Hall–Kier alpha value is -7.50. The van der Waals surface area contributed by atoms with Gasteiger partial charge in [-0.15, -0.1) is 0 Å². The number of hydrogen-bond acceptors (Lipinski definition) is 5. The summed E-state index contributed by atoms with van der Waals surface area (Å²) >= 11 is 0. The third-order valence-electron chi connectivity index (χ3n) is 12.1. The minimum atomic E-state index is -0.161. The summed E-state index contributed by atoms with van der Waals surface area (Å²) in [5.74, 6) is 0.562. The number of nitrogens with zero attached hydrogens (tertiary/aromatic N) is 3. The van der Waals surface area contributed by atoms with E-state index in [9.17, 15) is 0 Å². The fourth-order valence-electron chi connectivity index (χ4n) is 9.24. The van der Waals surface area contributed by atoms with Crippen LogP contribution in [0.1, 0.15) is 25.0 Å². The lowest BCUT2D eigenvalue weighted by Gasteiger charge is -2.28.